The Morgan fingerprint density at radius 2 is 2.19 bits per heavy atom. The van der Waals surface area contributed by atoms with Crippen LogP contribution in [0.2, 0.25) is 0 Å². The van der Waals surface area contributed by atoms with Gasteiger partial charge in [0.05, 0.1) is 25.2 Å². The third-order valence-electron chi connectivity index (χ3n) is 2.33. The summed E-state index contributed by atoms with van der Waals surface area (Å²) in [6, 6.07) is -0.224. The number of nitrogens with one attached hydrogen (secondary N) is 1. The summed E-state index contributed by atoms with van der Waals surface area (Å²) in [7, 11) is 0. The van der Waals surface area contributed by atoms with Crippen molar-refractivity contribution >= 4 is 12.0 Å². The zero-order chi connectivity index (χ0) is 12.2. The molecule has 6 nitrogen and oxygen atoms in total. The van der Waals surface area contributed by atoms with E-state index < -0.39 is 5.97 Å². The monoisotopic (exact) mass is 230 g/mol. The molecule has 0 aromatic heterocycles. The predicted octanol–water partition coefficient (Wildman–Crippen LogP) is 0.281. The highest BCUT2D eigenvalue weighted by Gasteiger charge is 2.29. The number of carboxylic acids is 1. The number of hydrogen-bond donors (Lipinski definition) is 2. The van der Waals surface area contributed by atoms with Gasteiger partial charge in [-0.15, -0.1) is 0 Å². The molecular formula is C10H18N2O4. The number of carboxylic acid groups (broad SMARTS) is 1. The van der Waals surface area contributed by atoms with Crippen molar-refractivity contribution in [3.63, 3.8) is 0 Å². The Morgan fingerprint density at radius 3 is 2.75 bits per heavy atom. The number of rotatable bonds is 3. The number of nitrogens with zero attached hydrogens (tertiary/aromatic N) is 1. The largest absolute Gasteiger partial charge is 0.481 e. The van der Waals surface area contributed by atoms with Crippen LogP contribution in [0.25, 0.3) is 0 Å². The van der Waals surface area contributed by atoms with E-state index in [9.17, 15) is 9.59 Å². The zero-order valence-electron chi connectivity index (χ0n) is 9.65. The Hall–Kier alpha value is -1.30. The van der Waals surface area contributed by atoms with Gasteiger partial charge < -0.3 is 20.1 Å². The molecule has 1 aliphatic heterocycles. The van der Waals surface area contributed by atoms with Crippen molar-refractivity contribution in [3.05, 3.63) is 0 Å². The molecule has 0 bridgehead atoms. The van der Waals surface area contributed by atoms with E-state index in [1.54, 1.807) is 4.90 Å². The summed E-state index contributed by atoms with van der Waals surface area (Å²) >= 11 is 0. The molecule has 92 valence electrons. The van der Waals surface area contributed by atoms with Crippen LogP contribution in [0, 0.1) is 0 Å². The molecule has 2 amide bonds. The Balaban J connectivity index is 2.33. The van der Waals surface area contributed by atoms with Crippen LogP contribution in [0.5, 0.6) is 0 Å². The highest BCUT2D eigenvalue weighted by molar-refractivity contribution is 5.75. The van der Waals surface area contributed by atoms with E-state index in [0.717, 1.165) is 0 Å². The third-order valence-corrected chi connectivity index (χ3v) is 2.33. The number of carbonyl (C=O) groups is 2. The predicted molar refractivity (Wildman–Crippen MR) is 57.3 cm³/mol. The molecule has 1 rings (SSSR count). The van der Waals surface area contributed by atoms with Gasteiger partial charge in [-0.1, -0.05) is 0 Å². The number of morpholine rings is 1. The maximum atomic E-state index is 11.6. The maximum absolute atomic E-state index is 11.6. The van der Waals surface area contributed by atoms with Crippen LogP contribution < -0.4 is 5.32 Å². The summed E-state index contributed by atoms with van der Waals surface area (Å²) in [6.45, 7) is 5.58. The van der Waals surface area contributed by atoms with Crippen LogP contribution in [0.4, 0.5) is 4.79 Å². The fourth-order valence-electron chi connectivity index (χ4n) is 1.58. The number of amides is 2. The van der Waals surface area contributed by atoms with E-state index >= 15 is 0 Å². The van der Waals surface area contributed by atoms with Gasteiger partial charge in [-0.3, -0.25) is 4.79 Å². The Bertz CT molecular complexity index is 278. The second-order valence-electron chi connectivity index (χ2n) is 4.41. The smallest absolute Gasteiger partial charge is 0.317 e. The minimum Gasteiger partial charge on any atom is -0.481 e. The third kappa shape index (κ3) is 4.06. The van der Waals surface area contributed by atoms with E-state index in [1.165, 1.54) is 0 Å². The normalized spacial score (nSPS) is 19.2. The average Bonchev–Trinajstić information content (AvgIpc) is 2.15. The van der Waals surface area contributed by atoms with Crippen molar-refractivity contribution in [1.29, 1.82) is 0 Å². The van der Waals surface area contributed by atoms with Crippen molar-refractivity contribution in [2.75, 3.05) is 26.2 Å². The van der Waals surface area contributed by atoms with Gasteiger partial charge in [-0.2, -0.15) is 0 Å². The first-order chi connectivity index (χ1) is 7.41. The molecule has 1 saturated heterocycles. The van der Waals surface area contributed by atoms with Crippen molar-refractivity contribution in [3.8, 4) is 0 Å². The fraction of sp³-hybridized carbons (Fsp3) is 0.800. The molecule has 0 atom stereocenters. The number of hydrogen-bond acceptors (Lipinski definition) is 3. The highest BCUT2D eigenvalue weighted by Crippen LogP contribution is 2.16. The number of urea groups is 1. The van der Waals surface area contributed by atoms with Gasteiger partial charge in [0.1, 0.15) is 0 Å². The first-order valence-electron chi connectivity index (χ1n) is 5.29. The average molecular weight is 230 g/mol. The molecule has 6 heteroatoms. The summed E-state index contributed by atoms with van der Waals surface area (Å²) in [6.07, 6.45) is -0.0561. The van der Waals surface area contributed by atoms with Gasteiger partial charge in [-0.05, 0) is 13.8 Å². The standard InChI is InChI=1S/C10H18N2O4/c1-10(2)7-12(5-6-16-10)9(15)11-4-3-8(13)14/h3-7H2,1-2H3,(H,11,15)(H,13,14). The van der Waals surface area contributed by atoms with Gasteiger partial charge in [0, 0.05) is 13.1 Å². The van der Waals surface area contributed by atoms with Crippen LogP contribution in [0.15, 0.2) is 0 Å². The van der Waals surface area contributed by atoms with Crippen LogP contribution in [0.3, 0.4) is 0 Å². The van der Waals surface area contributed by atoms with E-state index in [0.29, 0.717) is 19.7 Å². The molecule has 0 saturated carbocycles. The molecule has 0 aliphatic carbocycles. The number of ether oxygens (including phenoxy) is 1. The molecular weight excluding hydrogens is 212 g/mol. The lowest BCUT2D eigenvalue weighted by Gasteiger charge is -2.38. The fourth-order valence-corrected chi connectivity index (χ4v) is 1.58. The van der Waals surface area contributed by atoms with Crippen LogP contribution in [0.1, 0.15) is 20.3 Å². The molecule has 1 heterocycles. The Kier molecular flexibility index (Phi) is 4.12. The first-order valence-corrected chi connectivity index (χ1v) is 5.29. The summed E-state index contributed by atoms with van der Waals surface area (Å²) < 4.78 is 5.47. The van der Waals surface area contributed by atoms with Crippen molar-refractivity contribution in [1.82, 2.24) is 10.2 Å². The Morgan fingerprint density at radius 1 is 1.50 bits per heavy atom. The van der Waals surface area contributed by atoms with Gasteiger partial charge in [0.25, 0.3) is 0 Å². The molecule has 0 unspecified atom stereocenters. The summed E-state index contributed by atoms with van der Waals surface area (Å²) in [4.78, 5) is 23.6. The molecule has 16 heavy (non-hydrogen) atoms. The van der Waals surface area contributed by atoms with Crippen molar-refractivity contribution in [2.24, 2.45) is 0 Å². The summed E-state index contributed by atoms with van der Waals surface area (Å²) in [5.41, 5.74) is -0.331. The molecule has 1 aliphatic rings. The van der Waals surface area contributed by atoms with Gasteiger partial charge in [0.15, 0.2) is 0 Å². The van der Waals surface area contributed by atoms with Crippen LogP contribution in [-0.2, 0) is 9.53 Å². The molecule has 2 N–H and O–H groups in total. The lowest BCUT2D eigenvalue weighted by atomic mass is 10.1. The quantitative estimate of drug-likeness (QED) is 0.730. The number of carbonyl (C=O) groups excluding carboxylic acids is 1. The lowest BCUT2D eigenvalue weighted by Crippen LogP contribution is -2.53. The minimum atomic E-state index is -0.914. The van der Waals surface area contributed by atoms with Crippen LogP contribution >= 0.6 is 0 Å². The second-order valence-corrected chi connectivity index (χ2v) is 4.41. The maximum Gasteiger partial charge on any atom is 0.317 e. The van der Waals surface area contributed by atoms with E-state index in [-0.39, 0.29) is 24.6 Å². The summed E-state index contributed by atoms with van der Waals surface area (Å²) in [5.74, 6) is -0.914. The van der Waals surface area contributed by atoms with Gasteiger partial charge in [0.2, 0.25) is 0 Å². The van der Waals surface area contributed by atoms with Gasteiger partial charge in [-0.25, -0.2) is 4.79 Å². The number of aliphatic carboxylic acids is 1. The van der Waals surface area contributed by atoms with Crippen molar-refractivity contribution in [2.45, 2.75) is 25.9 Å². The Labute approximate surface area is 94.6 Å². The molecule has 0 aromatic rings. The van der Waals surface area contributed by atoms with Gasteiger partial charge >= 0.3 is 12.0 Å². The van der Waals surface area contributed by atoms with E-state index in [1.807, 2.05) is 13.8 Å². The first kappa shape index (κ1) is 12.8. The van der Waals surface area contributed by atoms with Crippen LogP contribution in [-0.4, -0.2) is 53.8 Å². The summed E-state index contributed by atoms with van der Waals surface area (Å²) in [5, 5.41) is 11.0. The molecule has 0 spiro atoms. The minimum absolute atomic E-state index is 0.0561. The molecule has 1 fully saturated rings. The SMILES string of the molecule is CC1(C)CN(C(=O)NCCC(=O)O)CCO1. The van der Waals surface area contributed by atoms with Crippen molar-refractivity contribution < 1.29 is 19.4 Å². The van der Waals surface area contributed by atoms with E-state index in [4.69, 9.17) is 9.84 Å². The lowest BCUT2D eigenvalue weighted by molar-refractivity contribution is -0.136. The molecule has 0 aromatic carbocycles. The van der Waals surface area contributed by atoms with E-state index in [2.05, 4.69) is 5.32 Å². The second kappa shape index (κ2) is 5.16. The highest BCUT2D eigenvalue weighted by atomic mass is 16.5. The zero-order valence-corrected chi connectivity index (χ0v) is 9.65. The topological polar surface area (TPSA) is 78.9 Å². The molecule has 0 radical (unpaired) electrons.